The molecular weight excluding hydrogens is 288 g/mol. The van der Waals surface area contributed by atoms with Gasteiger partial charge >= 0.3 is 0 Å². The Kier molecular flexibility index (Phi) is 3.50. The van der Waals surface area contributed by atoms with Gasteiger partial charge in [0.1, 0.15) is 0 Å². The summed E-state index contributed by atoms with van der Waals surface area (Å²) in [5.41, 5.74) is 10.1. The summed E-state index contributed by atoms with van der Waals surface area (Å²) >= 11 is 5.91. The van der Waals surface area contributed by atoms with Gasteiger partial charge < -0.3 is 5.73 Å². The largest absolute Gasteiger partial charge is 0.363 e. The number of hydrazine groups is 1. The van der Waals surface area contributed by atoms with E-state index in [1.54, 1.807) is 17.1 Å². The quantitative estimate of drug-likeness (QED) is 0.913. The number of hydrogen-bond donors (Lipinski definition) is 2. The first-order chi connectivity index (χ1) is 10.1. The van der Waals surface area contributed by atoms with Crippen molar-refractivity contribution >= 4 is 29.0 Å². The monoisotopic (exact) mass is 300 g/mol. The van der Waals surface area contributed by atoms with Crippen LogP contribution < -0.4 is 16.2 Å². The first-order valence-electron chi connectivity index (χ1n) is 6.39. The zero-order chi connectivity index (χ0) is 14.8. The maximum absolute atomic E-state index is 11.4. The smallest absolute Gasteiger partial charge is 0.285 e. The molecule has 1 unspecified atom stereocenters. The summed E-state index contributed by atoms with van der Waals surface area (Å²) < 4.78 is 0. The van der Waals surface area contributed by atoms with Gasteiger partial charge in [0, 0.05) is 5.02 Å². The Labute approximate surface area is 127 Å². The second kappa shape index (κ2) is 5.46. The molecular formula is C15H13ClN4O. The number of carbonyl (C=O) groups excluding carboxylic acids is 1. The van der Waals surface area contributed by atoms with E-state index < -0.39 is 5.91 Å². The van der Waals surface area contributed by atoms with Crippen molar-refractivity contribution in [3.05, 3.63) is 65.2 Å². The number of nitrogens with two attached hydrogens (primary N) is 1. The molecule has 5 nitrogen and oxygen atoms in total. The second-order valence-corrected chi connectivity index (χ2v) is 5.02. The van der Waals surface area contributed by atoms with Crippen molar-refractivity contribution in [2.24, 2.45) is 10.7 Å². The van der Waals surface area contributed by atoms with Crippen LogP contribution in [0, 0.1) is 0 Å². The molecule has 1 aliphatic rings. The van der Waals surface area contributed by atoms with Crippen LogP contribution in [0.3, 0.4) is 0 Å². The number of nitrogens with one attached hydrogen (secondary N) is 1. The number of anilines is 1. The maximum Gasteiger partial charge on any atom is 0.285 e. The molecule has 0 fully saturated rings. The molecule has 6 heteroatoms. The molecule has 0 bridgehead atoms. The Morgan fingerprint density at radius 2 is 1.81 bits per heavy atom. The van der Waals surface area contributed by atoms with Crippen molar-refractivity contribution < 1.29 is 4.79 Å². The van der Waals surface area contributed by atoms with Crippen molar-refractivity contribution in [2.75, 3.05) is 5.01 Å². The second-order valence-electron chi connectivity index (χ2n) is 4.58. The lowest BCUT2D eigenvalue weighted by Crippen LogP contribution is -2.42. The lowest BCUT2D eigenvalue weighted by Gasteiger charge is -2.25. The topological polar surface area (TPSA) is 70.7 Å². The van der Waals surface area contributed by atoms with Gasteiger partial charge in [-0.1, -0.05) is 41.9 Å². The van der Waals surface area contributed by atoms with Gasteiger partial charge in [0.2, 0.25) is 5.84 Å². The number of benzene rings is 2. The summed E-state index contributed by atoms with van der Waals surface area (Å²) in [6.07, 6.45) is -0.368. The fraction of sp³-hybridized carbons (Fsp3) is 0.0667. The Hall–Kier alpha value is -2.53. The van der Waals surface area contributed by atoms with Crippen LogP contribution in [0.5, 0.6) is 0 Å². The molecule has 3 N–H and O–H groups in total. The lowest BCUT2D eigenvalue weighted by molar-refractivity contribution is -0.112. The molecule has 1 amide bonds. The van der Waals surface area contributed by atoms with E-state index in [9.17, 15) is 4.79 Å². The SMILES string of the molecule is NC(=O)C1=NC(c2ccc(Cl)cc2)N(c2ccccc2)N1. The number of nitrogens with zero attached hydrogens (tertiary/aromatic N) is 2. The summed E-state index contributed by atoms with van der Waals surface area (Å²) in [4.78, 5) is 15.7. The van der Waals surface area contributed by atoms with Crippen molar-refractivity contribution in [1.82, 2.24) is 5.43 Å². The van der Waals surface area contributed by atoms with Crippen LogP contribution in [0.25, 0.3) is 0 Å². The van der Waals surface area contributed by atoms with E-state index in [2.05, 4.69) is 10.4 Å². The molecule has 0 saturated carbocycles. The predicted octanol–water partition coefficient (Wildman–Crippen LogP) is 2.25. The van der Waals surface area contributed by atoms with E-state index in [1.807, 2.05) is 42.5 Å². The molecule has 21 heavy (non-hydrogen) atoms. The zero-order valence-corrected chi connectivity index (χ0v) is 11.8. The third-order valence-corrected chi connectivity index (χ3v) is 3.41. The highest BCUT2D eigenvalue weighted by molar-refractivity contribution is 6.38. The molecule has 0 spiro atoms. The average Bonchev–Trinajstić information content (AvgIpc) is 2.94. The number of amides is 1. The maximum atomic E-state index is 11.4. The molecule has 2 aromatic rings. The van der Waals surface area contributed by atoms with E-state index in [0.29, 0.717) is 5.02 Å². The minimum atomic E-state index is -0.590. The number of carbonyl (C=O) groups is 1. The highest BCUT2D eigenvalue weighted by Gasteiger charge is 2.30. The van der Waals surface area contributed by atoms with E-state index >= 15 is 0 Å². The average molecular weight is 301 g/mol. The normalized spacial score (nSPS) is 17.3. The fourth-order valence-electron chi connectivity index (χ4n) is 2.16. The van der Waals surface area contributed by atoms with E-state index in [-0.39, 0.29) is 12.0 Å². The van der Waals surface area contributed by atoms with Gasteiger partial charge in [-0.05, 0) is 29.8 Å². The van der Waals surface area contributed by atoms with Gasteiger partial charge in [0.15, 0.2) is 6.17 Å². The number of aliphatic imine (C=N–C) groups is 1. The molecule has 1 heterocycles. The Morgan fingerprint density at radius 1 is 1.14 bits per heavy atom. The third-order valence-electron chi connectivity index (χ3n) is 3.16. The van der Waals surface area contributed by atoms with Crippen molar-refractivity contribution in [2.45, 2.75) is 6.17 Å². The predicted molar refractivity (Wildman–Crippen MR) is 82.9 cm³/mol. The van der Waals surface area contributed by atoms with Crippen LogP contribution in [0.15, 0.2) is 59.6 Å². The molecule has 0 radical (unpaired) electrons. The molecule has 1 atom stereocenters. The minimum Gasteiger partial charge on any atom is -0.363 e. The Bertz CT molecular complexity index is 685. The van der Waals surface area contributed by atoms with Gasteiger partial charge in [-0.25, -0.2) is 4.99 Å². The standard InChI is InChI=1S/C15H13ClN4O/c16-11-8-6-10(7-9-11)15-18-14(13(17)21)19-20(15)12-4-2-1-3-5-12/h1-9,15H,(H2,17,21)(H,18,19). The molecule has 0 aromatic heterocycles. The van der Waals surface area contributed by atoms with E-state index in [0.717, 1.165) is 11.3 Å². The first kappa shape index (κ1) is 13.5. The summed E-state index contributed by atoms with van der Waals surface area (Å²) in [5, 5.41) is 2.44. The molecule has 106 valence electrons. The highest BCUT2D eigenvalue weighted by Crippen LogP contribution is 2.30. The lowest BCUT2D eigenvalue weighted by atomic mass is 10.1. The summed E-state index contributed by atoms with van der Waals surface area (Å²) in [6.45, 7) is 0. The summed E-state index contributed by atoms with van der Waals surface area (Å²) in [6, 6.07) is 16.9. The number of primary amides is 1. The van der Waals surface area contributed by atoms with Crippen LogP contribution in [-0.4, -0.2) is 11.7 Å². The Balaban J connectivity index is 2.00. The minimum absolute atomic E-state index is 0.138. The van der Waals surface area contributed by atoms with Gasteiger partial charge in [-0.2, -0.15) is 0 Å². The van der Waals surface area contributed by atoms with Crippen molar-refractivity contribution in [3.63, 3.8) is 0 Å². The van der Waals surface area contributed by atoms with Gasteiger partial charge in [-0.3, -0.25) is 15.2 Å². The van der Waals surface area contributed by atoms with Gasteiger partial charge in [-0.15, -0.1) is 0 Å². The van der Waals surface area contributed by atoms with Crippen LogP contribution >= 0.6 is 11.6 Å². The number of halogens is 1. The number of amidine groups is 1. The summed E-state index contributed by atoms with van der Waals surface area (Å²) in [5.74, 6) is -0.453. The van der Waals surface area contributed by atoms with Crippen LogP contribution in [0.1, 0.15) is 11.7 Å². The van der Waals surface area contributed by atoms with Crippen molar-refractivity contribution in [1.29, 1.82) is 0 Å². The van der Waals surface area contributed by atoms with Gasteiger partial charge in [0.05, 0.1) is 5.69 Å². The zero-order valence-electron chi connectivity index (χ0n) is 11.0. The number of para-hydroxylation sites is 1. The summed E-state index contributed by atoms with van der Waals surface area (Å²) in [7, 11) is 0. The molecule has 0 aliphatic carbocycles. The molecule has 1 aliphatic heterocycles. The highest BCUT2D eigenvalue weighted by atomic mass is 35.5. The van der Waals surface area contributed by atoms with Crippen molar-refractivity contribution in [3.8, 4) is 0 Å². The first-order valence-corrected chi connectivity index (χ1v) is 6.77. The number of hydrogen-bond acceptors (Lipinski definition) is 4. The van der Waals surface area contributed by atoms with E-state index in [4.69, 9.17) is 17.3 Å². The number of rotatable bonds is 3. The van der Waals surface area contributed by atoms with E-state index in [1.165, 1.54) is 0 Å². The molecule has 3 rings (SSSR count). The Morgan fingerprint density at radius 3 is 2.43 bits per heavy atom. The fourth-order valence-corrected chi connectivity index (χ4v) is 2.28. The third kappa shape index (κ3) is 2.68. The van der Waals surface area contributed by atoms with Crippen LogP contribution in [0.4, 0.5) is 5.69 Å². The van der Waals surface area contributed by atoms with Gasteiger partial charge in [0.25, 0.3) is 5.91 Å². The molecule has 2 aromatic carbocycles. The molecule has 0 saturated heterocycles. The van der Waals surface area contributed by atoms with Crippen LogP contribution in [0.2, 0.25) is 5.02 Å². The van der Waals surface area contributed by atoms with Crippen LogP contribution in [-0.2, 0) is 4.79 Å².